The summed E-state index contributed by atoms with van der Waals surface area (Å²) in [4.78, 5) is 23.5. The Labute approximate surface area is 111 Å². The van der Waals surface area contributed by atoms with Gasteiger partial charge in [0.2, 0.25) is 0 Å². The van der Waals surface area contributed by atoms with Crippen molar-refractivity contribution in [2.45, 2.75) is 13.0 Å². The fourth-order valence-electron chi connectivity index (χ4n) is 2.04. The molecule has 2 amide bonds. The highest BCUT2D eigenvalue weighted by Crippen LogP contribution is 2.22. The first-order chi connectivity index (χ1) is 9.10. The van der Waals surface area contributed by atoms with Crippen LogP contribution in [0.25, 0.3) is 0 Å². The zero-order chi connectivity index (χ0) is 13.8. The molecule has 1 saturated heterocycles. The van der Waals surface area contributed by atoms with Crippen molar-refractivity contribution in [3.8, 4) is 5.75 Å². The third-order valence-electron chi connectivity index (χ3n) is 2.91. The largest absolute Gasteiger partial charge is 0.494 e. The molecule has 0 aliphatic carbocycles. The van der Waals surface area contributed by atoms with E-state index in [0.717, 1.165) is 11.3 Å². The average molecular weight is 264 g/mol. The van der Waals surface area contributed by atoms with Gasteiger partial charge in [-0.1, -0.05) is 12.1 Å². The Balaban J connectivity index is 2.03. The van der Waals surface area contributed by atoms with Gasteiger partial charge in [-0.2, -0.15) is 0 Å². The molecular formula is C13H16N2O4. The van der Waals surface area contributed by atoms with Crippen molar-refractivity contribution < 1.29 is 19.4 Å². The second kappa shape index (κ2) is 5.60. The minimum atomic E-state index is -1.01. The smallest absolute Gasteiger partial charge is 0.323 e. The van der Waals surface area contributed by atoms with Crippen LogP contribution < -0.4 is 10.1 Å². The van der Waals surface area contributed by atoms with E-state index in [1.165, 1.54) is 4.90 Å². The first-order valence-electron chi connectivity index (χ1n) is 6.10. The highest BCUT2D eigenvalue weighted by Gasteiger charge is 2.30. The fraction of sp³-hybridized carbons (Fsp3) is 0.385. The van der Waals surface area contributed by atoms with Crippen LogP contribution in [0.3, 0.4) is 0 Å². The molecule has 1 aromatic rings. The number of ether oxygens (including phenoxy) is 1. The maximum absolute atomic E-state index is 11.6. The maximum Gasteiger partial charge on any atom is 0.323 e. The Hall–Kier alpha value is -2.24. The maximum atomic E-state index is 11.6. The van der Waals surface area contributed by atoms with Crippen molar-refractivity contribution >= 4 is 12.0 Å². The van der Waals surface area contributed by atoms with Gasteiger partial charge < -0.3 is 20.1 Å². The fourth-order valence-corrected chi connectivity index (χ4v) is 2.04. The van der Waals surface area contributed by atoms with Crippen LogP contribution >= 0.6 is 0 Å². The van der Waals surface area contributed by atoms with Gasteiger partial charge in [0.25, 0.3) is 0 Å². The average Bonchev–Trinajstić information content (AvgIpc) is 2.71. The molecule has 0 spiro atoms. The highest BCUT2D eigenvalue weighted by atomic mass is 16.5. The molecule has 0 aromatic heterocycles. The molecule has 19 heavy (non-hydrogen) atoms. The van der Waals surface area contributed by atoms with E-state index >= 15 is 0 Å². The first-order valence-corrected chi connectivity index (χ1v) is 6.10. The van der Waals surface area contributed by atoms with Crippen molar-refractivity contribution in [1.82, 2.24) is 10.2 Å². The van der Waals surface area contributed by atoms with E-state index in [2.05, 4.69) is 5.32 Å². The summed E-state index contributed by atoms with van der Waals surface area (Å²) in [6, 6.07) is 6.90. The first kappa shape index (κ1) is 13.2. The molecule has 0 bridgehead atoms. The van der Waals surface area contributed by atoms with Crippen LogP contribution in [0.5, 0.6) is 5.75 Å². The predicted molar refractivity (Wildman–Crippen MR) is 68.1 cm³/mol. The number of rotatable bonds is 5. The molecule has 1 atom stereocenters. The molecule has 1 heterocycles. The number of carbonyl (C=O) groups excluding carboxylic acids is 1. The van der Waals surface area contributed by atoms with Crippen LogP contribution in [-0.2, 0) is 4.79 Å². The van der Waals surface area contributed by atoms with E-state index in [4.69, 9.17) is 9.84 Å². The molecule has 102 valence electrons. The SMILES string of the molecule is CCOc1ccc(C2CN(CC(=O)O)C(=O)N2)cc1. The molecule has 0 radical (unpaired) electrons. The van der Waals surface area contributed by atoms with E-state index in [1.807, 2.05) is 31.2 Å². The van der Waals surface area contributed by atoms with Gasteiger partial charge >= 0.3 is 12.0 Å². The zero-order valence-corrected chi connectivity index (χ0v) is 10.6. The molecule has 6 heteroatoms. The number of aliphatic carboxylic acids is 1. The topological polar surface area (TPSA) is 78.9 Å². The number of nitrogens with zero attached hydrogens (tertiary/aromatic N) is 1. The van der Waals surface area contributed by atoms with Crippen LogP contribution in [0.4, 0.5) is 4.79 Å². The van der Waals surface area contributed by atoms with Crippen molar-refractivity contribution in [2.24, 2.45) is 0 Å². The van der Waals surface area contributed by atoms with Crippen LogP contribution in [0.1, 0.15) is 18.5 Å². The number of carbonyl (C=O) groups is 2. The molecule has 6 nitrogen and oxygen atoms in total. The number of carboxylic acid groups (broad SMARTS) is 1. The van der Waals surface area contributed by atoms with E-state index in [0.29, 0.717) is 13.2 Å². The van der Waals surface area contributed by atoms with Gasteiger partial charge in [-0.25, -0.2) is 4.79 Å². The number of benzene rings is 1. The van der Waals surface area contributed by atoms with Gasteiger partial charge in [-0.15, -0.1) is 0 Å². The Morgan fingerprint density at radius 1 is 1.47 bits per heavy atom. The number of urea groups is 1. The summed E-state index contributed by atoms with van der Waals surface area (Å²) in [6.45, 7) is 2.60. The number of hydrogen-bond donors (Lipinski definition) is 2. The van der Waals surface area contributed by atoms with Crippen LogP contribution in [-0.4, -0.2) is 41.7 Å². The molecule has 1 unspecified atom stereocenters. The van der Waals surface area contributed by atoms with Crippen LogP contribution in [0.2, 0.25) is 0 Å². The summed E-state index contributed by atoms with van der Waals surface area (Å²) in [5.41, 5.74) is 0.935. The summed E-state index contributed by atoms with van der Waals surface area (Å²) < 4.78 is 5.34. The van der Waals surface area contributed by atoms with Gasteiger partial charge in [-0.05, 0) is 24.6 Å². The van der Waals surface area contributed by atoms with Crippen molar-refractivity contribution in [3.05, 3.63) is 29.8 Å². The van der Waals surface area contributed by atoms with Crippen molar-refractivity contribution in [2.75, 3.05) is 19.7 Å². The van der Waals surface area contributed by atoms with Gasteiger partial charge in [0, 0.05) is 6.54 Å². The lowest BCUT2D eigenvalue weighted by atomic mass is 10.1. The summed E-state index contributed by atoms with van der Waals surface area (Å²) in [6.07, 6.45) is 0. The normalized spacial score (nSPS) is 18.3. The van der Waals surface area contributed by atoms with Gasteiger partial charge in [0.15, 0.2) is 0 Å². The van der Waals surface area contributed by atoms with Crippen LogP contribution in [0.15, 0.2) is 24.3 Å². The van der Waals surface area contributed by atoms with E-state index in [-0.39, 0.29) is 18.6 Å². The van der Waals surface area contributed by atoms with Gasteiger partial charge in [0.1, 0.15) is 12.3 Å². The lowest BCUT2D eigenvalue weighted by Crippen LogP contribution is -2.32. The molecule has 1 aromatic carbocycles. The Morgan fingerprint density at radius 3 is 2.74 bits per heavy atom. The number of nitrogens with one attached hydrogen (secondary N) is 1. The number of amides is 2. The lowest BCUT2D eigenvalue weighted by molar-refractivity contribution is -0.137. The lowest BCUT2D eigenvalue weighted by Gasteiger charge is -2.12. The monoisotopic (exact) mass is 264 g/mol. The molecular weight excluding hydrogens is 248 g/mol. The summed E-state index contributed by atoms with van der Waals surface area (Å²) >= 11 is 0. The third-order valence-corrected chi connectivity index (χ3v) is 2.91. The minimum Gasteiger partial charge on any atom is -0.494 e. The molecule has 0 saturated carbocycles. The summed E-state index contributed by atoms with van der Waals surface area (Å²) in [7, 11) is 0. The Bertz CT molecular complexity index is 472. The van der Waals surface area contributed by atoms with E-state index < -0.39 is 5.97 Å². The van der Waals surface area contributed by atoms with Crippen LogP contribution in [0, 0.1) is 0 Å². The molecule has 2 rings (SSSR count). The number of carboxylic acids is 1. The quantitative estimate of drug-likeness (QED) is 0.838. The second-order valence-electron chi connectivity index (χ2n) is 4.28. The highest BCUT2D eigenvalue weighted by molar-refractivity contribution is 5.82. The third kappa shape index (κ3) is 3.15. The van der Waals surface area contributed by atoms with Gasteiger partial charge in [0.05, 0.1) is 12.6 Å². The van der Waals surface area contributed by atoms with E-state index in [1.54, 1.807) is 0 Å². The zero-order valence-electron chi connectivity index (χ0n) is 10.6. The summed E-state index contributed by atoms with van der Waals surface area (Å²) in [5, 5.41) is 11.5. The van der Waals surface area contributed by atoms with Crippen molar-refractivity contribution in [1.29, 1.82) is 0 Å². The Morgan fingerprint density at radius 2 is 2.16 bits per heavy atom. The van der Waals surface area contributed by atoms with Gasteiger partial charge in [-0.3, -0.25) is 4.79 Å². The second-order valence-corrected chi connectivity index (χ2v) is 4.28. The molecule has 2 N–H and O–H groups in total. The Kier molecular flexibility index (Phi) is 3.89. The van der Waals surface area contributed by atoms with E-state index in [9.17, 15) is 9.59 Å². The summed E-state index contributed by atoms with van der Waals surface area (Å²) in [5.74, 6) is -0.236. The minimum absolute atomic E-state index is 0.178. The molecule has 1 fully saturated rings. The molecule has 1 aliphatic heterocycles. The number of hydrogen-bond acceptors (Lipinski definition) is 3. The van der Waals surface area contributed by atoms with Crippen molar-refractivity contribution in [3.63, 3.8) is 0 Å². The predicted octanol–water partition coefficient (Wildman–Crippen LogP) is 1.24. The molecule has 1 aliphatic rings. The standard InChI is InChI=1S/C13H16N2O4/c1-2-19-10-5-3-9(4-6-10)11-7-15(8-12(16)17)13(18)14-11/h3-6,11H,2,7-8H2,1H3,(H,14,18)(H,16,17).